The number of benzene rings is 2. The Balaban J connectivity index is 1.78. The second kappa shape index (κ2) is 7.63. The zero-order valence-electron chi connectivity index (χ0n) is 14.2. The standard InChI is InChI=1S/C19H17F3N4O/c20-19(21,22)14-5-3-4-13(8-14)10-24-18(27)16-6-1-2-7-17(16)26-11-15(9-23)25-12-26/h1-8,11-12H,9-10,23H2,(H,24,27). The highest BCUT2D eigenvalue weighted by Crippen LogP contribution is 2.29. The summed E-state index contributed by atoms with van der Waals surface area (Å²) >= 11 is 0. The van der Waals surface area contributed by atoms with Gasteiger partial charge in [0.1, 0.15) is 0 Å². The number of nitrogens with two attached hydrogens (primary N) is 1. The molecule has 0 unspecified atom stereocenters. The summed E-state index contributed by atoms with van der Waals surface area (Å²) in [6.07, 6.45) is -1.14. The average Bonchev–Trinajstić information content (AvgIpc) is 3.15. The quantitative estimate of drug-likeness (QED) is 0.720. The highest BCUT2D eigenvalue weighted by atomic mass is 19.4. The lowest BCUT2D eigenvalue weighted by atomic mass is 10.1. The molecule has 1 amide bonds. The molecule has 1 aromatic heterocycles. The number of carbonyl (C=O) groups is 1. The van der Waals surface area contributed by atoms with E-state index in [9.17, 15) is 18.0 Å². The van der Waals surface area contributed by atoms with Gasteiger partial charge in [0.15, 0.2) is 0 Å². The van der Waals surface area contributed by atoms with Gasteiger partial charge in [-0.3, -0.25) is 4.79 Å². The molecule has 3 rings (SSSR count). The lowest BCUT2D eigenvalue weighted by Gasteiger charge is -2.12. The lowest BCUT2D eigenvalue weighted by molar-refractivity contribution is -0.137. The normalized spacial score (nSPS) is 11.4. The van der Waals surface area contributed by atoms with E-state index in [1.807, 2.05) is 0 Å². The van der Waals surface area contributed by atoms with E-state index in [1.165, 1.54) is 12.1 Å². The van der Waals surface area contributed by atoms with Crippen LogP contribution >= 0.6 is 0 Å². The average molecular weight is 374 g/mol. The van der Waals surface area contributed by atoms with Crippen molar-refractivity contribution in [3.05, 3.63) is 83.4 Å². The van der Waals surface area contributed by atoms with E-state index >= 15 is 0 Å². The van der Waals surface area contributed by atoms with Crippen LogP contribution in [0.4, 0.5) is 13.2 Å². The third-order valence-corrected chi connectivity index (χ3v) is 3.98. The third kappa shape index (κ3) is 4.35. The molecule has 0 radical (unpaired) electrons. The van der Waals surface area contributed by atoms with E-state index in [0.29, 0.717) is 22.5 Å². The molecule has 27 heavy (non-hydrogen) atoms. The van der Waals surface area contributed by atoms with Crippen LogP contribution in [0.1, 0.15) is 27.2 Å². The van der Waals surface area contributed by atoms with Crippen LogP contribution in [-0.4, -0.2) is 15.5 Å². The molecule has 0 atom stereocenters. The molecular formula is C19H17F3N4O. The van der Waals surface area contributed by atoms with Crippen molar-refractivity contribution in [2.45, 2.75) is 19.3 Å². The summed E-state index contributed by atoms with van der Waals surface area (Å²) in [5, 5.41) is 2.66. The molecule has 2 aromatic carbocycles. The summed E-state index contributed by atoms with van der Waals surface area (Å²) < 4.78 is 40.1. The smallest absolute Gasteiger partial charge is 0.348 e. The number of imidazole rings is 1. The van der Waals surface area contributed by atoms with Gasteiger partial charge < -0.3 is 15.6 Å². The van der Waals surface area contributed by atoms with Gasteiger partial charge in [-0.25, -0.2) is 4.98 Å². The number of hydrogen-bond donors (Lipinski definition) is 2. The second-order valence-electron chi connectivity index (χ2n) is 5.87. The fourth-order valence-electron chi connectivity index (χ4n) is 2.63. The first-order chi connectivity index (χ1) is 12.9. The van der Waals surface area contributed by atoms with Crippen LogP contribution in [0.5, 0.6) is 0 Å². The van der Waals surface area contributed by atoms with Crippen molar-refractivity contribution in [3.8, 4) is 5.69 Å². The van der Waals surface area contributed by atoms with Gasteiger partial charge >= 0.3 is 6.18 Å². The van der Waals surface area contributed by atoms with E-state index in [0.717, 1.165) is 12.1 Å². The summed E-state index contributed by atoms with van der Waals surface area (Å²) in [6.45, 7) is 0.256. The van der Waals surface area contributed by atoms with Gasteiger partial charge in [0.2, 0.25) is 0 Å². The van der Waals surface area contributed by atoms with E-state index in [2.05, 4.69) is 10.3 Å². The highest BCUT2D eigenvalue weighted by Gasteiger charge is 2.30. The number of carbonyl (C=O) groups excluding carboxylic acids is 1. The van der Waals surface area contributed by atoms with Gasteiger partial charge in [0.05, 0.1) is 28.8 Å². The van der Waals surface area contributed by atoms with Crippen LogP contribution in [0.3, 0.4) is 0 Å². The van der Waals surface area contributed by atoms with Crippen molar-refractivity contribution < 1.29 is 18.0 Å². The number of nitrogens with one attached hydrogen (secondary N) is 1. The Morgan fingerprint density at radius 1 is 1.15 bits per heavy atom. The third-order valence-electron chi connectivity index (χ3n) is 3.98. The number of rotatable bonds is 5. The van der Waals surface area contributed by atoms with Crippen LogP contribution in [-0.2, 0) is 19.3 Å². The second-order valence-corrected chi connectivity index (χ2v) is 5.87. The molecule has 0 bridgehead atoms. The fraction of sp³-hybridized carbons (Fsp3) is 0.158. The Labute approximate surface area is 153 Å². The van der Waals surface area contributed by atoms with E-state index in [1.54, 1.807) is 41.4 Å². The molecule has 0 aliphatic carbocycles. The highest BCUT2D eigenvalue weighted by molar-refractivity contribution is 5.97. The molecule has 1 heterocycles. The van der Waals surface area contributed by atoms with Gasteiger partial charge in [-0.05, 0) is 29.8 Å². The Kier molecular flexibility index (Phi) is 5.27. The van der Waals surface area contributed by atoms with Crippen LogP contribution in [0.15, 0.2) is 61.1 Å². The maximum absolute atomic E-state index is 12.8. The molecule has 0 spiro atoms. The van der Waals surface area contributed by atoms with Gasteiger partial charge in [-0.1, -0.05) is 24.3 Å². The minimum absolute atomic E-state index is 0.0188. The van der Waals surface area contributed by atoms with Gasteiger partial charge in [-0.2, -0.15) is 13.2 Å². The van der Waals surface area contributed by atoms with Crippen LogP contribution in [0.25, 0.3) is 5.69 Å². The Hall–Kier alpha value is -3.13. The van der Waals surface area contributed by atoms with Gasteiger partial charge in [-0.15, -0.1) is 0 Å². The molecule has 0 aliphatic heterocycles. The number of para-hydroxylation sites is 1. The number of aromatic nitrogens is 2. The van der Waals surface area contributed by atoms with Crippen molar-refractivity contribution in [3.63, 3.8) is 0 Å². The molecule has 3 N–H and O–H groups in total. The van der Waals surface area contributed by atoms with Gasteiger partial charge in [0, 0.05) is 19.3 Å². The monoisotopic (exact) mass is 374 g/mol. The molecule has 5 nitrogen and oxygen atoms in total. The summed E-state index contributed by atoms with van der Waals surface area (Å²) in [7, 11) is 0. The van der Waals surface area contributed by atoms with Crippen molar-refractivity contribution >= 4 is 5.91 Å². The number of amides is 1. The van der Waals surface area contributed by atoms with Crippen molar-refractivity contribution in [2.24, 2.45) is 5.73 Å². The number of nitrogens with zero attached hydrogens (tertiary/aromatic N) is 2. The van der Waals surface area contributed by atoms with E-state index < -0.39 is 17.6 Å². The zero-order valence-corrected chi connectivity index (χ0v) is 14.2. The first-order valence-corrected chi connectivity index (χ1v) is 8.15. The molecule has 0 fully saturated rings. The first kappa shape index (κ1) is 18.7. The zero-order chi connectivity index (χ0) is 19.4. The minimum atomic E-state index is -4.42. The maximum Gasteiger partial charge on any atom is 0.416 e. The predicted molar refractivity (Wildman–Crippen MR) is 94.1 cm³/mol. The van der Waals surface area contributed by atoms with Crippen LogP contribution in [0.2, 0.25) is 0 Å². The molecule has 0 aliphatic rings. The summed E-state index contributed by atoms with van der Waals surface area (Å²) in [5.74, 6) is -0.397. The van der Waals surface area contributed by atoms with Crippen molar-refractivity contribution in [1.82, 2.24) is 14.9 Å². The predicted octanol–water partition coefficient (Wildman–Crippen LogP) is 3.28. The maximum atomic E-state index is 12.8. The van der Waals surface area contributed by atoms with Crippen molar-refractivity contribution in [2.75, 3.05) is 0 Å². The van der Waals surface area contributed by atoms with Crippen LogP contribution in [0, 0.1) is 0 Å². The fourth-order valence-corrected chi connectivity index (χ4v) is 2.63. The van der Waals surface area contributed by atoms with Crippen LogP contribution < -0.4 is 11.1 Å². The molecule has 140 valence electrons. The van der Waals surface area contributed by atoms with E-state index in [-0.39, 0.29) is 13.1 Å². The lowest BCUT2D eigenvalue weighted by Crippen LogP contribution is -2.24. The number of halogens is 3. The van der Waals surface area contributed by atoms with E-state index in [4.69, 9.17) is 5.73 Å². The summed E-state index contributed by atoms with van der Waals surface area (Å²) in [6, 6.07) is 11.7. The molecule has 0 saturated heterocycles. The SMILES string of the molecule is NCc1cn(-c2ccccc2C(=O)NCc2cccc(C(F)(F)F)c2)cn1. The minimum Gasteiger partial charge on any atom is -0.348 e. The number of alkyl halides is 3. The molecule has 0 saturated carbocycles. The number of hydrogen-bond acceptors (Lipinski definition) is 3. The molecular weight excluding hydrogens is 357 g/mol. The molecule has 3 aromatic rings. The Bertz CT molecular complexity index is 950. The van der Waals surface area contributed by atoms with Crippen molar-refractivity contribution in [1.29, 1.82) is 0 Å². The Morgan fingerprint density at radius 2 is 1.93 bits per heavy atom. The Morgan fingerprint density at radius 3 is 2.63 bits per heavy atom. The summed E-state index contributed by atoms with van der Waals surface area (Å²) in [5.41, 5.74) is 6.83. The summed E-state index contributed by atoms with van der Waals surface area (Å²) in [4.78, 5) is 16.7. The van der Waals surface area contributed by atoms with Gasteiger partial charge in [0.25, 0.3) is 5.91 Å². The topological polar surface area (TPSA) is 72.9 Å². The molecule has 8 heteroatoms. The first-order valence-electron chi connectivity index (χ1n) is 8.15. The largest absolute Gasteiger partial charge is 0.416 e.